The van der Waals surface area contributed by atoms with Crippen LogP contribution in [0.15, 0.2) is 30.6 Å². The molecule has 2 heterocycles. The molecule has 0 bridgehead atoms. The van der Waals surface area contributed by atoms with Gasteiger partial charge in [-0.25, -0.2) is 4.98 Å². The van der Waals surface area contributed by atoms with Gasteiger partial charge in [0.1, 0.15) is 12.2 Å². The van der Waals surface area contributed by atoms with E-state index >= 15 is 0 Å². The highest BCUT2D eigenvalue weighted by atomic mass is 35.5. The average molecular weight is 349 g/mol. The quantitative estimate of drug-likeness (QED) is 0.830. The molecular weight excluding hydrogens is 324 g/mol. The summed E-state index contributed by atoms with van der Waals surface area (Å²) in [5.41, 5.74) is 1.27. The third-order valence-corrected chi connectivity index (χ3v) is 4.71. The van der Waals surface area contributed by atoms with Gasteiger partial charge in [0.15, 0.2) is 0 Å². The Hall–Kier alpha value is -1.63. The monoisotopic (exact) mass is 348 g/mol. The lowest BCUT2D eigenvalue weighted by molar-refractivity contribution is 0.231. The van der Waals surface area contributed by atoms with Crippen LogP contribution < -0.4 is 4.90 Å². The smallest absolute Gasteiger partial charge is 0.138 e. The van der Waals surface area contributed by atoms with E-state index in [2.05, 4.69) is 49.1 Å². The van der Waals surface area contributed by atoms with Crippen LogP contribution in [0.25, 0.3) is 0 Å². The first-order valence-electron chi connectivity index (χ1n) is 8.46. The van der Waals surface area contributed by atoms with Crippen molar-refractivity contribution < 1.29 is 0 Å². The Morgan fingerprint density at radius 3 is 2.58 bits per heavy atom. The molecule has 1 aromatic carbocycles. The lowest BCUT2D eigenvalue weighted by Gasteiger charge is -2.36. The van der Waals surface area contributed by atoms with Gasteiger partial charge in [0.05, 0.1) is 6.54 Å². The zero-order chi connectivity index (χ0) is 16.8. The molecule has 7 heteroatoms. The summed E-state index contributed by atoms with van der Waals surface area (Å²) in [6, 6.07) is 8.15. The Morgan fingerprint density at radius 1 is 1.17 bits per heavy atom. The molecular formula is C17H25ClN6. The summed E-state index contributed by atoms with van der Waals surface area (Å²) in [6.07, 6.45) is 2.73. The van der Waals surface area contributed by atoms with E-state index in [1.807, 2.05) is 12.1 Å². The Bertz CT molecular complexity index is 592. The van der Waals surface area contributed by atoms with Crippen LogP contribution in [-0.2, 0) is 6.54 Å². The maximum atomic E-state index is 5.96. The van der Waals surface area contributed by atoms with E-state index < -0.39 is 0 Å². The van der Waals surface area contributed by atoms with Crippen LogP contribution in [0.1, 0.15) is 12.2 Å². The second kappa shape index (κ2) is 8.46. The number of rotatable bonds is 7. The molecule has 1 aromatic heterocycles. The number of nitrogens with one attached hydrogen (secondary N) is 1. The van der Waals surface area contributed by atoms with Gasteiger partial charge in [-0.15, -0.1) is 0 Å². The molecule has 1 fully saturated rings. The molecule has 0 unspecified atom stereocenters. The minimum Gasteiger partial charge on any atom is -0.369 e. The molecule has 130 valence electrons. The standard InChI is InChI=1S/C17H25ClN6/c1-22(13-17-19-14-20-21-17)7-2-8-23-9-11-24(12-10-23)16-5-3-15(18)4-6-16/h3-6,14H,2,7-13H2,1H3,(H,19,20,21). The summed E-state index contributed by atoms with van der Waals surface area (Å²) in [5.74, 6) is 0.925. The van der Waals surface area contributed by atoms with Gasteiger partial charge < -0.3 is 4.90 Å². The summed E-state index contributed by atoms with van der Waals surface area (Å²) < 4.78 is 0. The van der Waals surface area contributed by atoms with Crippen molar-refractivity contribution in [3.8, 4) is 0 Å². The topological polar surface area (TPSA) is 51.3 Å². The number of halogens is 1. The highest BCUT2D eigenvalue weighted by molar-refractivity contribution is 6.30. The first-order valence-corrected chi connectivity index (χ1v) is 8.84. The second-order valence-electron chi connectivity index (χ2n) is 6.33. The van der Waals surface area contributed by atoms with E-state index in [1.54, 1.807) is 6.33 Å². The number of hydrogen-bond acceptors (Lipinski definition) is 5. The van der Waals surface area contributed by atoms with Crippen LogP contribution in [0.4, 0.5) is 5.69 Å². The van der Waals surface area contributed by atoms with Crippen molar-refractivity contribution in [3.63, 3.8) is 0 Å². The fourth-order valence-corrected chi connectivity index (χ4v) is 3.21. The molecule has 2 aromatic rings. The fourth-order valence-electron chi connectivity index (χ4n) is 3.09. The molecule has 0 radical (unpaired) electrons. The van der Waals surface area contributed by atoms with E-state index in [9.17, 15) is 0 Å². The van der Waals surface area contributed by atoms with Gasteiger partial charge in [0.25, 0.3) is 0 Å². The molecule has 0 saturated carbocycles. The highest BCUT2D eigenvalue weighted by Crippen LogP contribution is 2.19. The molecule has 3 rings (SSSR count). The minimum absolute atomic E-state index is 0.798. The second-order valence-corrected chi connectivity index (χ2v) is 6.77. The summed E-state index contributed by atoms with van der Waals surface area (Å²) in [7, 11) is 2.13. The molecule has 1 saturated heterocycles. The zero-order valence-corrected chi connectivity index (χ0v) is 14.9. The number of piperazine rings is 1. The van der Waals surface area contributed by atoms with E-state index in [0.717, 1.165) is 56.7 Å². The predicted molar refractivity (Wildman–Crippen MR) is 97.4 cm³/mol. The van der Waals surface area contributed by atoms with Gasteiger partial charge in [-0.05, 0) is 50.8 Å². The number of anilines is 1. The van der Waals surface area contributed by atoms with Crippen LogP contribution >= 0.6 is 11.6 Å². The average Bonchev–Trinajstić information content (AvgIpc) is 3.09. The Balaban J connectivity index is 1.34. The SMILES string of the molecule is CN(CCCN1CCN(c2ccc(Cl)cc2)CC1)Cc1ncn[nH]1. The van der Waals surface area contributed by atoms with Crippen LogP contribution in [0.3, 0.4) is 0 Å². The van der Waals surface area contributed by atoms with Crippen LogP contribution in [0.5, 0.6) is 0 Å². The van der Waals surface area contributed by atoms with Gasteiger partial charge in [0, 0.05) is 36.9 Å². The van der Waals surface area contributed by atoms with Crippen molar-refractivity contribution in [1.29, 1.82) is 0 Å². The predicted octanol–water partition coefficient (Wildman–Crippen LogP) is 2.10. The number of hydrogen-bond donors (Lipinski definition) is 1. The molecule has 24 heavy (non-hydrogen) atoms. The Morgan fingerprint density at radius 2 is 1.92 bits per heavy atom. The van der Waals surface area contributed by atoms with Crippen molar-refractivity contribution in [2.75, 3.05) is 51.2 Å². The van der Waals surface area contributed by atoms with Crippen molar-refractivity contribution in [3.05, 3.63) is 41.4 Å². The fraction of sp³-hybridized carbons (Fsp3) is 0.529. The molecule has 0 atom stereocenters. The van der Waals surface area contributed by atoms with Gasteiger partial charge >= 0.3 is 0 Å². The summed E-state index contributed by atoms with van der Waals surface area (Å²) in [4.78, 5) is 11.4. The lowest BCUT2D eigenvalue weighted by Crippen LogP contribution is -2.47. The van der Waals surface area contributed by atoms with Crippen molar-refractivity contribution in [1.82, 2.24) is 25.0 Å². The van der Waals surface area contributed by atoms with E-state index in [0.29, 0.717) is 0 Å². The van der Waals surface area contributed by atoms with Crippen molar-refractivity contribution >= 4 is 17.3 Å². The molecule has 0 amide bonds. The van der Waals surface area contributed by atoms with Crippen molar-refractivity contribution in [2.45, 2.75) is 13.0 Å². The first kappa shape index (κ1) is 17.2. The summed E-state index contributed by atoms with van der Waals surface area (Å²) in [5, 5.41) is 7.59. The maximum Gasteiger partial charge on any atom is 0.138 e. The van der Waals surface area contributed by atoms with Gasteiger partial charge in [0.2, 0.25) is 0 Å². The van der Waals surface area contributed by atoms with E-state index in [-0.39, 0.29) is 0 Å². The van der Waals surface area contributed by atoms with E-state index in [4.69, 9.17) is 11.6 Å². The Kier molecular flexibility index (Phi) is 6.07. The summed E-state index contributed by atoms with van der Waals surface area (Å²) >= 11 is 5.96. The minimum atomic E-state index is 0.798. The molecule has 0 spiro atoms. The first-order chi connectivity index (χ1) is 11.7. The normalized spacial score (nSPS) is 16.0. The summed E-state index contributed by atoms with van der Waals surface area (Å²) in [6.45, 7) is 7.44. The third kappa shape index (κ3) is 4.93. The van der Waals surface area contributed by atoms with Crippen LogP contribution in [-0.4, -0.2) is 71.3 Å². The van der Waals surface area contributed by atoms with Gasteiger partial charge in [-0.2, -0.15) is 5.10 Å². The number of nitrogens with zero attached hydrogens (tertiary/aromatic N) is 5. The highest BCUT2D eigenvalue weighted by Gasteiger charge is 2.16. The molecule has 6 nitrogen and oxygen atoms in total. The van der Waals surface area contributed by atoms with Crippen molar-refractivity contribution in [2.24, 2.45) is 0 Å². The lowest BCUT2D eigenvalue weighted by atomic mass is 10.2. The number of aromatic nitrogens is 3. The Labute approximate surface area is 148 Å². The molecule has 1 N–H and O–H groups in total. The van der Waals surface area contributed by atoms with Gasteiger partial charge in [-0.1, -0.05) is 11.6 Å². The number of H-pyrrole nitrogens is 1. The number of benzene rings is 1. The number of aromatic amines is 1. The van der Waals surface area contributed by atoms with Crippen LogP contribution in [0, 0.1) is 0 Å². The zero-order valence-electron chi connectivity index (χ0n) is 14.2. The molecule has 0 aliphatic carbocycles. The largest absolute Gasteiger partial charge is 0.369 e. The van der Waals surface area contributed by atoms with Gasteiger partial charge in [-0.3, -0.25) is 14.9 Å². The molecule has 1 aliphatic heterocycles. The molecule has 1 aliphatic rings. The van der Waals surface area contributed by atoms with Crippen LogP contribution in [0.2, 0.25) is 5.02 Å². The third-order valence-electron chi connectivity index (χ3n) is 4.46. The maximum absolute atomic E-state index is 5.96. The van der Waals surface area contributed by atoms with E-state index in [1.165, 1.54) is 12.1 Å².